The summed E-state index contributed by atoms with van der Waals surface area (Å²) in [7, 11) is 0. The van der Waals surface area contributed by atoms with Gasteiger partial charge in [-0.05, 0) is 37.8 Å². The SMILES string of the molecule is Cc1cncc2cccc(NC3CCN(CCCO)CC3)c12.Cl. The van der Waals surface area contributed by atoms with Crippen molar-refractivity contribution in [2.45, 2.75) is 32.2 Å². The third-order valence-electron chi connectivity index (χ3n) is 4.55. The molecule has 0 radical (unpaired) electrons. The van der Waals surface area contributed by atoms with Crippen LogP contribution in [0.3, 0.4) is 0 Å². The van der Waals surface area contributed by atoms with Gasteiger partial charge in [0, 0.05) is 61.1 Å². The monoisotopic (exact) mass is 335 g/mol. The topological polar surface area (TPSA) is 48.4 Å². The molecule has 4 nitrogen and oxygen atoms in total. The summed E-state index contributed by atoms with van der Waals surface area (Å²) in [6.07, 6.45) is 7.07. The number of anilines is 1. The Labute approximate surface area is 144 Å². The van der Waals surface area contributed by atoms with Crippen molar-refractivity contribution in [2.24, 2.45) is 0 Å². The number of pyridine rings is 1. The Bertz CT molecular complexity index is 621. The summed E-state index contributed by atoms with van der Waals surface area (Å²) in [5.74, 6) is 0. The molecule has 1 saturated heterocycles. The van der Waals surface area contributed by atoms with E-state index in [1.165, 1.54) is 22.0 Å². The van der Waals surface area contributed by atoms with Crippen LogP contribution in [0.5, 0.6) is 0 Å². The Balaban J connectivity index is 0.00000192. The van der Waals surface area contributed by atoms with Crippen molar-refractivity contribution in [3.8, 4) is 0 Å². The molecule has 2 aromatic rings. The average Bonchev–Trinajstić information content (AvgIpc) is 2.54. The molecule has 0 atom stereocenters. The number of nitrogens with zero attached hydrogens (tertiary/aromatic N) is 2. The maximum atomic E-state index is 8.93. The number of likely N-dealkylation sites (tertiary alicyclic amines) is 1. The summed E-state index contributed by atoms with van der Waals surface area (Å²) < 4.78 is 0. The number of piperidine rings is 1. The van der Waals surface area contributed by atoms with Gasteiger partial charge in [0.05, 0.1) is 0 Å². The molecule has 0 amide bonds. The van der Waals surface area contributed by atoms with E-state index in [0.717, 1.165) is 38.9 Å². The predicted molar refractivity (Wildman–Crippen MR) is 98.5 cm³/mol. The molecule has 1 aliphatic heterocycles. The second-order valence-corrected chi connectivity index (χ2v) is 6.20. The van der Waals surface area contributed by atoms with Crippen LogP contribution in [0, 0.1) is 6.92 Å². The van der Waals surface area contributed by atoms with Gasteiger partial charge in [0.25, 0.3) is 0 Å². The number of hydrogen-bond acceptors (Lipinski definition) is 4. The number of aliphatic hydroxyl groups excluding tert-OH is 1. The van der Waals surface area contributed by atoms with Gasteiger partial charge in [-0.1, -0.05) is 12.1 Å². The van der Waals surface area contributed by atoms with Gasteiger partial charge in [0.1, 0.15) is 0 Å². The van der Waals surface area contributed by atoms with Crippen molar-refractivity contribution in [1.29, 1.82) is 0 Å². The van der Waals surface area contributed by atoms with Gasteiger partial charge in [-0.25, -0.2) is 0 Å². The van der Waals surface area contributed by atoms with E-state index in [-0.39, 0.29) is 12.4 Å². The molecule has 2 heterocycles. The van der Waals surface area contributed by atoms with E-state index in [1.807, 2.05) is 12.4 Å². The van der Waals surface area contributed by atoms with Crippen molar-refractivity contribution >= 4 is 28.9 Å². The summed E-state index contributed by atoms with van der Waals surface area (Å²) in [6, 6.07) is 6.93. The molecule has 5 heteroatoms. The van der Waals surface area contributed by atoms with Crippen LogP contribution < -0.4 is 5.32 Å². The van der Waals surface area contributed by atoms with Gasteiger partial charge in [0.2, 0.25) is 0 Å². The summed E-state index contributed by atoms with van der Waals surface area (Å²) in [4.78, 5) is 6.74. The van der Waals surface area contributed by atoms with Crippen LogP contribution >= 0.6 is 12.4 Å². The first-order chi connectivity index (χ1) is 10.8. The average molecular weight is 336 g/mol. The Morgan fingerprint density at radius 1 is 1.26 bits per heavy atom. The van der Waals surface area contributed by atoms with Crippen molar-refractivity contribution in [3.05, 3.63) is 36.2 Å². The van der Waals surface area contributed by atoms with E-state index in [1.54, 1.807) is 0 Å². The maximum Gasteiger partial charge on any atom is 0.0443 e. The fourth-order valence-electron chi connectivity index (χ4n) is 3.35. The number of benzene rings is 1. The van der Waals surface area contributed by atoms with E-state index < -0.39 is 0 Å². The highest BCUT2D eigenvalue weighted by molar-refractivity contribution is 5.95. The van der Waals surface area contributed by atoms with Gasteiger partial charge >= 0.3 is 0 Å². The Hall–Kier alpha value is -1.36. The van der Waals surface area contributed by atoms with E-state index >= 15 is 0 Å². The Kier molecular flexibility index (Phi) is 6.63. The molecule has 1 aromatic carbocycles. The molecule has 1 aromatic heterocycles. The van der Waals surface area contributed by atoms with Crippen LogP contribution in [0.2, 0.25) is 0 Å². The maximum absolute atomic E-state index is 8.93. The first-order valence-electron chi connectivity index (χ1n) is 8.21. The molecule has 126 valence electrons. The molecular formula is C18H26ClN3O. The highest BCUT2D eigenvalue weighted by Crippen LogP contribution is 2.27. The number of rotatable bonds is 5. The van der Waals surface area contributed by atoms with E-state index in [4.69, 9.17) is 5.11 Å². The van der Waals surface area contributed by atoms with Crippen molar-refractivity contribution in [1.82, 2.24) is 9.88 Å². The lowest BCUT2D eigenvalue weighted by Gasteiger charge is -2.33. The lowest BCUT2D eigenvalue weighted by atomic mass is 10.0. The Morgan fingerprint density at radius 2 is 2.04 bits per heavy atom. The largest absolute Gasteiger partial charge is 0.396 e. The minimum Gasteiger partial charge on any atom is -0.396 e. The van der Waals surface area contributed by atoms with Gasteiger partial charge in [-0.2, -0.15) is 0 Å². The van der Waals surface area contributed by atoms with Gasteiger partial charge in [-0.15, -0.1) is 12.4 Å². The minimum atomic E-state index is 0. The summed E-state index contributed by atoms with van der Waals surface area (Å²) in [6.45, 7) is 5.66. The lowest BCUT2D eigenvalue weighted by Crippen LogP contribution is -2.39. The molecule has 0 saturated carbocycles. The van der Waals surface area contributed by atoms with Crippen molar-refractivity contribution < 1.29 is 5.11 Å². The molecule has 0 aliphatic carbocycles. The zero-order valence-corrected chi connectivity index (χ0v) is 14.5. The molecule has 1 aliphatic rings. The van der Waals surface area contributed by atoms with Crippen LogP contribution in [0.15, 0.2) is 30.6 Å². The fourth-order valence-corrected chi connectivity index (χ4v) is 3.35. The number of aliphatic hydroxyl groups is 1. The van der Waals surface area contributed by atoms with Crippen LogP contribution in [-0.4, -0.2) is 47.3 Å². The van der Waals surface area contributed by atoms with Crippen LogP contribution in [0.1, 0.15) is 24.8 Å². The van der Waals surface area contributed by atoms with Gasteiger partial charge in [-0.3, -0.25) is 4.98 Å². The normalized spacial score (nSPS) is 16.3. The molecule has 1 fully saturated rings. The van der Waals surface area contributed by atoms with Crippen LogP contribution in [-0.2, 0) is 0 Å². The number of halogens is 1. The van der Waals surface area contributed by atoms with Crippen molar-refractivity contribution in [2.75, 3.05) is 31.6 Å². The summed E-state index contributed by atoms with van der Waals surface area (Å²) in [5.41, 5.74) is 2.45. The number of aryl methyl sites for hydroxylation is 1. The minimum absolute atomic E-state index is 0. The highest BCUT2D eigenvalue weighted by Gasteiger charge is 2.19. The third kappa shape index (κ3) is 4.34. The van der Waals surface area contributed by atoms with E-state index in [9.17, 15) is 0 Å². The fraction of sp³-hybridized carbons (Fsp3) is 0.500. The first-order valence-corrected chi connectivity index (χ1v) is 8.21. The van der Waals surface area contributed by atoms with Crippen LogP contribution in [0.25, 0.3) is 10.8 Å². The number of nitrogens with one attached hydrogen (secondary N) is 1. The number of hydrogen-bond donors (Lipinski definition) is 2. The zero-order chi connectivity index (χ0) is 15.4. The lowest BCUT2D eigenvalue weighted by molar-refractivity contribution is 0.192. The smallest absolute Gasteiger partial charge is 0.0443 e. The van der Waals surface area contributed by atoms with E-state index in [2.05, 4.69) is 40.3 Å². The molecule has 0 bridgehead atoms. The van der Waals surface area contributed by atoms with Gasteiger partial charge < -0.3 is 15.3 Å². The highest BCUT2D eigenvalue weighted by atomic mass is 35.5. The van der Waals surface area contributed by atoms with E-state index in [0.29, 0.717) is 12.6 Å². The zero-order valence-electron chi connectivity index (χ0n) is 13.7. The molecule has 0 spiro atoms. The second-order valence-electron chi connectivity index (χ2n) is 6.20. The molecule has 2 N–H and O–H groups in total. The standard InChI is InChI=1S/C18H25N3O.ClH/c1-14-12-19-13-15-4-2-5-17(18(14)15)20-16-6-9-21(10-7-16)8-3-11-22;/h2,4-5,12-13,16,20,22H,3,6-11H2,1H3;1H. The van der Waals surface area contributed by atoms with Crippen LogP contribution in [0.4, 0.5) is 5.69 Å². The second kappa shape index (κ2) is 8.48. The molecule has 23 heavy (non-hydrogen) atoms. The number of aromatic nitrogens is 1. The predicted octanol–water partition coefficient (Wildman–Crippen LogP) is 3.22. The molecule has 3 rings (SSSR count). The van der Waals surface area contributed by atoms with Crippen molar-refractivity contribution in [3.63, 3.8) is 0 Å². The third-order valence-corrected chi connectivity index (χ3v) is 4.55. The summed E-state index contributed by atoms with van der Waals surface area (Å²) >= 11 is 0. The Morgan fingerprint density at radius 3 is 2.78 bits per heavy atom. The quantitative estimate of drug-likeness (QED) is 0.880. The van der Waals surface area contributed by atoms with Gasteiger partial charge in [0.15, 0.2) is 0 Å². The molecule has 0 unspecified atom stereocenters. The first kappa shape index (κ1) is 18.0. The summed E-state index contributed by atoms with van der Waals surface area (Å²) in [5, 5.41) is 15.2. The number of fused-ring (bicyclic) bond motifs is 1. The molecular weight excluding hydrogens is 310 g/mol.